The lowest BCUT2D eigenvalue weighted by molar-refractivity contribution is -0.137. The van der Waals surface area contributed by atoms with Crippen LogP contribution in [0.5, 0.6) is 0 Å². The number of carbonyl (C=O) groups excluding carboxylic acids is 1. The number of carbonyl (C=O) groups is 1. The first kappa shape index (κ1) is 22.0. The Morgan fingerprint density at radius 2 is 1.90 bits per heavy atom. The van der Waals surface area contributed by atoms with E-state index < -0.39 is 17.6 Å². The first-order valence-corrected chi connectivity index (χ1v) is 9.19. The number of nitriles is 1. The lowest BCUT2D eigenvalue weighted by Crippen LogP contribution is -2.33. The van der Waals surface area contributed by atoms with Gasteiger partial charge in [-0.2, -0.15) is 18.4 Å². The van der Waals surface area contributed by atoms with E-state index >= 15 is 0 Å². The molecule has 160 valence electrons. The molecular weight excluding hydrogens is 411 g/mol. The lowest BCUT2D eigenvalue weighted by atomic mass is 10.1. The van der Waals surface area contributed by atoms with Gasteiger partial charge in [0.2, 0.25) is 0 Å². The molecule has 0 aliphatic heterocycles. The summed E-state index contributed by atoms with van der Waals surface area (Å²) in [4.78, 5) is 14.4. The van der Waals surface area contributed by atoms with Gasteiger partial charge >= 0.3 is 6.18 Å². The predicted molar refractivity (Wildman–Crippen MR) is 104 cm³/mol. The average molecular weight is 429 g/mol. The van der Waals surface area contributed by atoms with Gasteiger partial charge in [0, 0.05) is 20.2 Å². The topological polar surface area (TPSA) is 84.0 Å². The van der Waals surface area contributed by atoms with E-state index in [0.29, 0.717) is 5.56 Å². The van der Waals surface area contributed by atoms with Crippen LogP contribution in [0.3, 0.4) is 0 Å². The number of nitrogens with zero attached hydrogens (tertiary/aromatic N) is 5. The highest BCUT2D eigenvalue weighted by Gasteiger charge is 2.34. The fraction of sp³-hybridized carbons (Fsp3) is 0.238. The molecule has 3 aromatic rings. The Morgan fingerprint density at radius 3 is 2.55 bits per heavy atom. The minimum absolute atomic E-state index is 0.0956. The molecule has 0 saturated carbocycles. The Morgan fingerprint density at radius 1 is 1.19 bits per heavy atom. The van der Waals surface area contributed by atoms with Gasteiger partial charge in [0.1, 0.15) is 0 Å². The normalized spacial score (nSPS) is 11.2. The molecule has 0 aliphatic carbocycles. The van der Waals surface area contributed by atoms with Crippen LogP contribution in [0, 0.1) is 11.3 Å². The molecule has 10 heteroatoms. The molecule has 1 amide bonds. The molecule has 3 rings (SSSR count). The highest BCUT2D eigenvalue weighted by atomic mass is 19.4. The van der Waals surface area contributed by atoms with Crippen LogP contribution >= 0.6 is 0 Å². The molecule has 0 aliphatic rings. The Kier molecular flexibility index (Phi) is 6.67. The van der Waals surface area contributed by atoms with Crippen molar-refractivity contribution in [2.75, 3.05) is 20.3 Å². The van der Waals surface area contributed by atoms with Crippen molar-refractivity contribution in [3.05, 3.63) is 77.1 Å². The standard InChI is InChI=1S/C21H18F3N5O2/c1-31-11-10-28(13-16-8-6-15(12-25)7-9-16)20(30)18-14-29(27-26-18)19-5-3-2-4-17(19)21(22,23)24/h2-9,14H,10-11,13H2,1H3. The van der Waals surface area contributed by atoms with Crippen molar-refractivity contribution in [3.8, 4) is 11.8 Å². The molecule has 2 aromatic carbocycles. The number of hydrogen-bond donors (Lipinski definition) is 0. The number of aromatic nitrogens is 3. The smallest absolute Gasteiger partial charge is 0.383 e. The van der Waals surface area contributed by atoms with Crippen molar-refractivity contribution in [2.24, 2.45) is 0 Å². The zero-order chi connectivity index (χ0) is 22.4. The van der Waals surface area contributed by atoms with Crippen LogP contribution in [0.15, 0.2) is 54.7 Å². The minimum atomic E-state index is -4.58. The molecule has 0 unspecified atom stereocenters. The quantitative estimate of drug-likeness (QED) is 0.575. The van der Waals surface area contributed by atoms with E-state index in [-0.39, 0.29) is 31.1 Å². The van der Waals surface area contributed by atoms with Gasteiger partial charge in [0.15, 0.2) is 5.69 Å². The first-order chi connectivity index (χ1) is 14.8. The number of halogens is 3. The van der Waals surface area contributed by atoms with Crippen molar-refractivity contribution >= 4 is 5.91 Å². The fourth-order valence-corrected chi connectivity index (χ4v) is 2.91. The van der Waals surface area contributed by atoms with E-state index in [1.807, 2.05) is 6.07 Å². The van der Waals surface area contributed by atoms with E-state index in [1.54, 1.807) is 24.3 Å². The molecule has 0 spiro atoms. The second kappa shape index (κ2) is 9.40. The van der Waals surface area contributed by atoms with Crippen LogP contribution in [0.25, 0.3) is 5.69 Å². The molecule has 0 atom stereocenters. The van der Waals surface area contributed by atoms with Crippen LogP contribution in [0.1, 0.15) is 27.2 Å². The van der Waals surface area contributed by atoms with Gasteiger partial charge in [-0.1, -0.05) is 29.5 Å². The van der Waals surface area contributed by atoms with Gasteiger partial charge in [-0.05, 0) is 29.8 Å². The van der Waals surface area contributed by atoms with Gasteiger partial charge in [-0.15, -0.1) is 5.10 Å². The third kappa shape index (κ3) is 5.26. The number of para-hydroxylation sites is 1. The van der Waals surface area contributed by atoms with E-state index in [9.17, 15) is 18.0 Å². The van der Waals surface area contributed by atoms with Gasteiger partial charge in [0.25, 0.3) is 5.91 Å². The largest absolute Gasteiger partial charge is 0.418 e. The average Bonchev–Trinajstić information content (AvgIpc) is 3.26. The number of alkyl halides is 3. The first-order valence-electron chi connectivity index (χ1n) is 9.19. The molecule has 0 N–H and O–H groups in total. The van der Waals surface area contributed by atoms with Crippen molar-refractivity contribution in [2.45, 2.75) is 12.7 Å². The molecular formula is C21H18F3N5O2. The molecule has 0 radical (unpaired) electrons. The summed E-state index contributed by atoms with van der Waals surface area (Å²) < 4.78 is 45.9. The van der Waals surface area contributed by atoms with E-state index in [2.05, 4.69) is 10.3 Å². The molecule has 1 aromatic heterocycles. The van der Waals surface area contributed by atoms with Crippen molar-refractivity contribution in [1.29, 1.82) is 5.26 Å². The van der Waals surface area contributed by atoms with Crippen LogP contribution in [-0.4, -0.2) is 46.1 Å². The van der Waals surface area contributed by atoms with Gasteiger partial charge in [-0.25, -0.2) is 4.68 Å². The molecule has 0 bridgehead atoms. The highest BCUT2D eigenvalue weighted by molar-refractivity contribution is 5.92. The SMILES string of the molecule is COCCN(Cc1ccc(C#N)cc1)C(=O)c1cn(-c2ccccc2C(F)(F)F)nn1. The number of ether oxygens (including phenoxy) is 1. The van der Waals surface area contributed by atoms with E-state index in [1.165, 1.54) is 36.4 Å². The Hall–Kier alpha value is -3.71. The van der Waals surface area contributed by atoms with Crippen molar-refractivity contribution in [1.82, 2.24) is 19.9 Å². The summed E-state index contributed by atoms with van der Waals surface area (Å²) in [5.41, 5.74) is 0.0644. The summed E-state index contributed by atoms with van der Waals surface area (Å²) in [5, 5.41) is 16.4. The molecule has 7 nitrogen and oxygen atoms in total. The summed E-state index contributed by atoms with van der Waals surface area (Å²) in [6.45, 7) is 0.703. The number of benzene rings is 2. The fourth-order valence-electron chi connectivity index (χ4n) is 2.91. The maximum absolute atomic E-state index is 13.3. The van der Waals surface area contributed by atoms with Crippen LogP contribution in [0.4, 0.5) is 13.2 Å². The van der Waals surface area contributed by atoms with Gasteiger partial charge < -0.3 is 9.64 Å². The molecule has 31 heavy (non-hydrogen) atoms. The van der Waals surface area contributed by atoms with Gasteiger partial charge in [0.05, 0.1) is 35.7 Å². The van der Waals surface area contributed by atoms with E-state index in [4.69, 9.17) is 10.00 Å². The predicted octanol–water partition coefficient (Wildman–Crippen LogP) is 3.45. The summed E-state index contributed by atoms with van der Waals surface area (Å²) in [7, 11) is 1.49. The second-order valence-electron chi connectivity index (χ2n) is 6.59. The zero-order valence-corrected chi connectivity index (χ0v) is 16.5. The summed E-state index contributed by atoms with van der Waals surface area (Å²) in [5.74, 6) is -0.503. The Labute approximate surface area is 176 Å². The number of hydrogen-bond acceptors (Lipinski definition) is 5. The van der Waals surface area contributed by atoms with Crippen LogP contribution < -0.4 is 0 Å². The second-order valence-corrected chi connectivity index (χ2v) is 6.59. The highest BCUT2D eigenvalue weighted by Crippen LogP contribution is 2.33. The van der Waals surface area contributed by atoms with Gasteiger partial charge in [-0.3, -0.25) is 4.79 Å². The molecule has 0 saturated heterocycles. The number of rotatable bonds is 7. The summed E-state index contributed by atoms with van der Waals surface area (Å²) in [6.07, 6.45) is -3.40. The third-order valence-corrected chi connectivity index (χ3v) is 4.48. The minimum Gasteiger partial charge on any atom is -0.383 e. The molecule has 0 fully saturated rings. The van der Waals surface area contributed by atoms with Crippen molar-refractivity contribution < 1.29 is 22.7 Å². The maximum atomic E-state index is 13.3. The Bertz CT molecular complexity index is 1090. The molecule has 1 heterocycles. The van der Waals surface area contributed by atoms with Crippen molar-refractivity contribution in [3.63, 3.8) is 0 Å². The summed E-state index contributed by atoms with van der Waals surface area (Å²) >= 11 is 0. The summed E-state index contributed by atoms with van der Waals surface area (Å²) in [6, 6.07) is 13.7. The monoisotopic (exact) mass is 429 g/mol. The number of amides is 1. The number of methoxy groups -OCH3 is 1. The lowest BCUT2D eigenvalue weighted by Gasteiger charge is -2.21. The van der Waals surface area contributed by atoms with E-state index in [0.717, 1.165) is 16.3 Å². The zero-order valence-electron chi connectivity index (χ0n) is 16.5. The maximum Gasteiger partial charge on any atom is 0.418 e. The Balaban J connectivity index is 1.86. The third-order valence-electron chi connectivity index (χ3n) is 4.48. The van der Waals surface area contributed by atoms with Crippen LogP contribution in [0.2, 0.25) is 0 Å². The van der Waals surface area contributed by atoms with Crippen LogP contribution in [-0.2, 0) is 17.5 Å².